The number of ether oxygens (including phenoxy) is 1. The molecule has 17 heavy (non-hydrogen) atoms. The number of carbonyl (C=O) groups excluding carboxylic acids is 1. The van der Waals surface area contributed by atoms with Gasteiger partial charge in [0.15, 0.2) is 0 Å². The number of likely N-dealkylation sites (tertiary alicyclic amines) is 1. The first-order valence-corrected chi connectivity index (χ1v) is 6.87. The average Bonchev–Trinajstić information content (AvgIpc) is 2.85. The molecule has 0 aliphatic carbocycles. The van der Waals surface area contributed by atoms with Gasteiger partial charge in [-0.2, -0.15) is 0 Å². The molecule has 2 aliphatic heterocycles. The minimum atomic E-state index is -0.184. The van der Waals surface area contributed by atoms with Crippen LogP contribution in [0.4, 0.5) is 0 Å². The van der Waals surface area contributed by atoms with E-state index in [9.17, 15) is 4.79 Å². The average molecular weight is 240 g/mol. The Morgan fingerprint density at radius 1 is 1.35 bits per heavy atom. The van der Waals surface area contributed by atoms with Gasteiger partial charge in [0.1, 0.15) is 6.10 Å². The van der Waals surface area contributed by atoms with E-state index in [1.165, 1.54) is 25.9 Å². The topological polar surface area (TPSA) is 41.6 Å². The van der Waals surface area contributed by atoms with Crippen molar-refractivity contribution in [3.63, 3.8) is 0 Å². The zero-order valence-corrected chi connectivity index (χ0v) is 10.8. The maximum Gasteiger partial charge on any atom is 0.249 e. The van der Waals surface area contributed by atoms with Crippen molar-refractivity contribution < 1.29 is 9.53 Å². The molecule has 2 heterocycles. The van der Waals surface area contributed by atoms with E-state index in [0.29, 0.717) is 0 Å². The molecule has 0 aromatic carbocycles. The van der Waals surface area contributed by atoms with Gasteiger partial charge in [-0.05, 0) is 44.7 Å². The Hall–Kier alpha value is -0.610. The van der Waals surface area contributed by atoms with Gasteiger partial charge in [-0.25, -0.2) is 0 Å². The molecule has 0 aromatic heterocycles. The van der Waals surface area contributed by atoms with E-state index in [1.807, 2.05) is 0 Å². The van der Waals surface area contributed by atoms with E-state index in [0.717, 1.165) is 38.5 Å². The van der Waals surface area contributed by atoms with Crippen molar-refractivity contribution in [1.29, 1.82) is 0 Å². The summed E-state index contributed by atoms with van der Waals surface area (Å²) in [4.78, 5) is 14.1. The highest BCUT2D eigenvalue weighted by Gasteiger charge is 2.23. The van der Waals surface area contributed by atoms with Gasteiger partial charge in [0.2, 0.25) is 5.91 Å². The van der Waals surface area contributed by atoms with Gasteiger partial charge in [-0.15, -0.1) is 0 Å². The number of hydrogen-bond acceptors (Lipinski definition) is 3. The smallest absolute Gasteiger partial charge is 0.249 e. The minimum Gasteiger partial charge on any atom is -0.368 e. The highest BCUT2D eigenvalue weighted by molar-refractivity contribution is 5.80. The van der Waals surface area contributed by atoms with Crippen LogP contribution in [0.25, 0.3) is 0 Å². The van der Waals surface area contributed by atoms with Crippen LogP contribution in [-0.4, -0.2) is 49.7 Å². The summed E-state index contributed by atoms with van der Waals surface area (Å²) < 4.78 is 5.35. The molecule has 0 radical (unpaired) electrons. The maximum absolute atomic E-state index is 11.7. The monoisotopic (exact) mass is 240 g/mol. The number of hydrogen-bond donors (Lipinski definition) is 1. The second-order valence-electron chi connectivity index (χ2n) is 5.32. The SMILES string of the molecule is CC1CCN(CCNC(=O)[C@@H]2CCCO2)CC1. The first kappa shape index (κ1) is 12.8. The van der Waals surface area contributed by atoms with Crippen molar-refractivity contribution in [1.82, 2.24) is 10.2 Å². The van der Waals surface area contributed by atoms with E-state index in [2.05, 4.69) is 17.1 Å². The van der Waals surface area contributed by atoms with Gasteiger partial charge < -0.3 is 15.0 Å². The van der Waals surface area contributed by atoms with Crippen molar-refractivity contribution in [3.05, 3.63) is 0 Å². The van der Waals surface area contributed by atoms with Crippen molar-refractivity contribution >= 4 is 5.91 Å². The molecule has 2 saturated heterocycles. The molecule has 0 aromatic rings. The van der Waals surface area contributed by atoms with Gasteiger partial charge >= 0.3 is 0 Å². The van der Waals surface area contributed by atoms with E-state index in [-0.39, 0.29) is 12.0 Å². The molecule has 2 aliphatic rings. The van der Waals surface area contributed by atoms with Crippen molar-refractivity contribution in [3.8, 4) is 0 Å². The Morgan fingerprint density at radius 3 is 2.76 bits per heavy atom. The molecular formula is C13H24N2O2. The summed E-state index contributed by atoms with van der Waals surface area (Å²) in [6.07, 6.45) is 4.30. The zero-order valence-electron chi connectivity index (χ0n) is 10.8. The number of piperidine rings is 1. The number of nitrogens with zero attached hydrogens (tertiary/aromatic N) is 1. The quantitative estimate of drug-likeness (QED) is 0.797. The lowest BCUT2D eigenvalue weighted by Gasteiger charge is -2.30. The third-order valence-corrected chi connectivity index (χ3v) is 3.83. The van der Waals surface area contributed by atoms with Gasteiger partial charge in [0, 0.05) is 19.7 Å². The summed E-state index contributed by atoms with van der Waals surface area (Å²) in [6, 6.07) is 0. The van der Waals surface area contributed by atoms with E-state index < -0.39 is 0 Å². The largest absolute Gasteiger partial charge is 0.368 e. The van der Waals surface area contributed by atoms with Crippen LogP contribution in [0.3, 0.4) is 0 Å². The van der Waals surface area contributed by atoms with Crippen LogP contribution in [0.5, 0.6) is 0 Å². The number of nitrogens with one attached hydrogen (secondary N) is 1. The summed E-state index contributed by atoms with van der Waals surface area (Å²) in [6.45, 7) is 7.14. The molecule has 0 spiro atoms. The molecule has 1 amide bonds. The number of amides is 1. The molecule has 4 nitrogen and oxygen atoms in total. The number of rotatable bonds is 4. The van der Waals surface area contributed by atoms with Crippen LogP contribution in [0.1, 0.15) is 32.6 Å². The second kappa shape index (κ2) is 6.36. The summed E-state index contributed by atoms with van der Waals surface area (Å²) in [5.41, 5.74) is 0. The molecule has 4 heteroatoms. The normalized spacial score (nSPS) is 27.2. The third kappa shape index (κ3) is 3.96. The van der Waals surface area contributed by atoms with E-state index >= 15 is 0 Å². The fourth-order valence-corrected chi connectivity index (χ4v) is 2.52. The van der Waals surface area contributed by atoms with Crippen LogP contribution >= 0.6 is 0 Å². The van der Waals surface area contributed by atoms with Gasteiger partial charge in [-0.1, -0.05) is 6.92 Å². The maximum atomic E-state index is 11.7. The lowest BCUT2D eigenvalue weighted by atomic mass is 9.99. The van der Waals surface area contributed by atoms with Crippen LogP contribution in [0.15, 0.2) is 0 Å². The Bertz CT molecular complexity index is 244. The fraction of sp³-hybridized carbons (Fsp3) is 0.923. The minimum absolute atomic E-state index is 0.0767. The lowest BCUT2D eigenvalue weighted by Crippen LogP contribution is -2.41. The molecule has 1 atom stereocenters. The highest BCUT2D eigenvalue weighted by atomic mass is 16.5. The van der Waals surface area contributed by atoms with Crippen LogP contribution in [0, 0.1) is 5.92 Å². The van der Waals surface area contributed by atoms with Crippen LogP contribution in [-0.2, 0) is 9.53 Å². The lowest BCUT2D eigenvalue weighted by molar-refractivity contribution is -0.130. The van der Waals surface area contributed by atoms with Gasteiger partial charge in [0.25, 0.3) is 0 Å². The Balaban J connectivity index is 1.57. The summed E-state index contributed by atoms with van der Waals surface area (Å²) in [7, 11) is 0. The van der Waals surface area contributed by atoms with E-state index in [4.69, 9.17) is 4.74 Å². The standard InChI is InChI=1S/C13H24N2O2/c1-11-4-7-15(8-5-11)9-6-14-13(16)12-3-2-10-17-12/h11-12H,2-10H2,1H3,(H,14,16)/t12-/m0/s1. The first-order valence-electron chi connectivity index (χ1n) is 6.87. The predicted molar refractivity (Wildman–Crippen MR) is 66.8 cm³/mol. The van der Waals surface area contributed by atoms with Crippen LogP contribution < -0.4 is 5.32 Å². The zero-order chi connectivity index (χ0) is 12.1. The van der Waals surface area contributed by atoms with Crippen molar-refractivity contribution in [2.75, 3.05) is 32.8 Å². The molecule has 1 N–H and O–H groups in total. The van der Waals surface area contributed by atoms with Gasteiger partial charge in [0.05, 0.1) is 0 Å². The predicted octanol–water partition coefficient (Wildman–Crippen LogP) is 1.01. The van der Waals surface area contributed by atoms with E-state index in [1.54, 1.807) is 0 Å². The Morgan fingerprint density at radius 2 is 2.12 bits per heavy atom. The van der Waals surface area contributed by atoms with Crippen molar-refractivity contribution in [2.45, 2.75) is 38.7 Å². The molecular weight excluding hydrogens is 216 g/mol. The van der Waals surface area contributed by atoms with Crippen molar-refractivity contribution in [2.24, 2.45) is 5.92 Å². The molecule has 2 rings (SSSR count). The summed E-state index contributed by atoms with van der Waals surface area (Å²) >= 11 is 0. The van der Waals surface area contributed by atoms with Gasteiger partial charge in [-0.3, -0.25) is 4.79 Å². The molecule has 0 unspecified atom stereocenters. The Labute approximate surface area is 104 Å². The summed E-state index contributed by atoms with van der Waals surface area (Å²) in [5, 5.41) is 2.98. The molecule has 2 fully saturated rings. The third-order valence-electron chi connectivity index (χ3n) is 3.83. The molecule has 98 valence electrons. The number of carbonyl (C=O) groups is 1. The second-order valence-corrected chi connectivity index (χ2v) is 5.32. The summed E-state index contributed by atoms with van der Waals surface area (Å²) in [5.74, 6) is 0.945. The molecule has 0 saturated carbocycles. The molecule has 0 bridgehead atoms. The Kier molecular flexibility index (Phi) is 4.80. The van der Waals surface area contributed by atoms with Crippen LogP contribution in [0.2, 0.25) is 0 Å². The highest BCUT2D eigenvalue weighted by Crippen LogP contribution is 2.15. The first-order chi connectivity index (χ1) is 8.25. The fourth-order valence-electron chi connectivity index (χ4n) is 2.52.